The second kappa shape index (κ2) is 12.9. The van der Waals surface area contributed by atoms with E-state index < -0.39 is 11.9 Å². The molecule has 6 nitrogen and oxygen atoms in total. The molecule has 8 heteroatoms. The van der Waals surface area contributed by atoms with Crippen molar-refractivity contribution in [2.75, 3.05) is 33.4 Å². The predicted molar refractivity (Wildman–Crippen MR) is 115 cm³/mol. The molecule has 1 saturated heterocycles. The van der Waals surface area contributed by atoms with E-state index in [-0.39, 0.29) is 0 Å². The lowest BCUT2D eigenvalue weighted by atomic mass is 9.81. The van der Waals surface area contributed by atoms with Crippen LogP contribution >= 0.6 is 23.2 Å². The Hall–Kier alpha value is -1.60. The van der Waals surface area contributed by atoms with Crippen molar-refractivity contribution in [2.45, 2.75) is 26.2 Å². The van der Waals surface area contributed by atoms with E-state index in [4.69, 9.17) is 38.2 Å². The number of piperidine rings is 1. The van der Waals surface area contributed by atoms with Crippen molar-refractivity contribution >= 4 is 35.1 Å². The molecule has 162 valence electrons. The van der Waals surface area contributed by atoms with E-state index in [0.29, 0.717) is 40.0 Å². The molecular formula is C21H29Cl2NO5. The van der Waals surface area contributed by atoms with Crippen LogP contribution in [0.3, 0.4) is 0 Å². The molecule has 0 saturated carbocycles. The molecule has 2 N–H and O–H groups in total. The van der Waals surface area contributed by atoms with Crippen molar-refractivity contribution < 1.29 is 24.5 Å². The Kier molecular flexibility index (Phi) is 11.3. The summed E-state index contributed by atoms with van der Waals surface area (Å²) in [5.74, 6) is -0.919. The Labute approximate surface area is 182 Å². The molecule has 1 aliphatic heterocycles. The number of halogens is 2. The smallest absolute Gasteiger partial charge is 0.328 e. The van der Waals surface area contributed by atoms with Gasteiger partial charge in [0.25, 0.3) is 0 Å². The highest BCUT2D eigenvalue weighted by Crippen LogP contribution is 2.35. The van der Waals surface area contributed by atoms with E-state index in [9.17, 15) is 9.59 Å². The van der Waals surface area contributed by atoms with Crippen LogP contribution in [0.4, 0.5) is 0 Å². The second-order valence-electron chi connectivity index (χ2n) is 7.53. The van der Waals surface area contributed by atoms with E-state index >= 15 is 0 Å². The first-order valence-corrected chi connectivity index (χ1v) is 10.2. The summed E-state index contributed by atoms with van der Waals surface area (Å²) >= 11 is 12.2. The standard InChI is InChI=1S/C17H25Cl2NO.C4H4O4/c1-12(2)10-21-11-14-9-20(3)7-6-15(14)13-4-5-16(18)17(19)8-13;5-3(6)1-2-4(7)8/h4-5,8,12,14-15H,6-7,9-11H2,1-3H3;1-2H,(H,5,6)(H,7,8)/t14-,15+;/m0./s1. The largest absolute Gasteiger partial charge is 0.478 e. The molecule has 2 atom stereocenters. The van der Waals surface area contributed by atoms with Crippen molar-refractivity contribution in [3.8, 4) is 0 Å². The third kappa shape index (κ3) is 10.1. The van der Waals surface area contributed by atoms with Gasteiger partial charge in [-0.15, -0.1) is 0 Å². The number of carboxylic acid groups (broad SMARTS) is 2. The minimum atomic E-state index is -1.26. The van der Waals surface area contributed by atoms with Crippen LogP contribution in [0.1, 0.15) is 31.7 Å². The number of hydrogen-bond donors (Lipinski definition) is 2. The topological polar surface area (TPSA) is 87.1 Å². The molecule has 0 radical (unpaired) electrons. The Balaban J connectivity index is 0.000000447. The first-order chi connectivity index (χ1) is 13.6. The molecule has 0 amide bonds. The normalized spacial score (nSPS) is 19.8. The summed E-state index contributed by atoms with van der Waals surface area (Å²) in [6.07, 6.45) is 2.26. The first-order valence-electron chi connectivity index (χ1n) is 9.45. The highest BCUT2D eigenvalue weighted by molar-refractivity contribution is 6.42. The van der Waals surface area contributed by atoms with E-state index in [2.05, 4.69) is 31.9 Å². The molecule has 0 spiro atoms. The number of likely N-dealkylation sites (tertiary alicyclic amines) is 1. The van der Waals surface area contributed by atoms with Gasteiger partial charge in [0, 0.05) is 31.2 Å². The van der Waals surface area contributed by atoms with Crippen LogP contribution in [0.2, 0.25) is 10.0 Å². The lowest BCUT2D eigenvalue weighted by Crippen LogP contribution is -2.39. The van der Waals surface area contributed by atoms with Crippen LogP contribution < -0.4 is 0 Å². The SMILES string of the molecule is CC(C)COC[C@@H]1CN(C)CC[C@@H]1c1ccc(Cl)c(Cl)c1.O=C(O)C=CC(=O)O. The lowest BCUT2D eigenvalue weighted by molar-refractivity contribution is -0.134. The second-order valence-corrected chi connectivity index (χ2v) is 8.35. The van der Waals surface area contributed by atoms with Gasteiger partial charge >= 0.3 is 11.9 Å². The number of benzene rings is 1. The van der Waals surface area contributed by atoms with Crippen molar-refractivity contribution in [2.24, 2.45) is 11.8 Å². The maximum Gasteiger partial charge on any atom is 0.328 e. The van der Waals surface area contributed by atoms with Gasteiger partial charge in [0.1, 0.15) is 0 Å². The summed E-state index contributed by atoms with van der Waals surface area (Å²) in [5, 5.41) is 16.9. The van der Waals surface area contributed by atoms with E-state index in [1.54, 1.807) is 0 Å². The molecule has 2 rings (SSSR count). The average Bonchev–Trinajstić information content (AvgIpc) is 2.63. The first kappa shape index (κ1) is 25.4. The molecule has 1 fully saturated rings. The quantitative estimate of drug-likeness (QED) is 0.604. The number of aliphatic carboxylic acids is 2. The van der Waals surface area contributed by atoms with Gasteiger partial charge in [0.2, 0.25) is 0 Å². The molecule has 1 aliphatic rings. The molecule has 1 heterocycles. The fourth-order valence-electron chi connectivity index (χ4n) is 3.16. The zero-order valence-electron chi connectivity index (χ0n) is 17.0. The minimum Gasteiger partial charge on any atom is -0.478 e. The van der Waals surface area contributed by atoms with Crippen molar-refractivity contribution in [3.05, 3.63) is 46.0 Å². The number of ether oxygens (including phenoxy) is 1. The zero-order chi connectivity index (χ0) is 22.0. The van der Waals surface area contributed by atoms with Crippen LogP contribution in [0, 0.1) is 11.8 Å². The highest BCUT2D eigenvalue weighted by atomic mass is 35.5. The van der Waals surface area contributed by atoms with Crippen molar-refractivity contribution in [1.29, 1.82) is 0 Å². The molecule has 0 aliphatic carbocycles. The highest BCUT2D eigenvalue weighted by Gasteiger charge is 2.29. The zero-order valence-corrected chi connectivity index (χ0v) is 18.5. The van der Waals surface area contributed by atoms with Gasteiger partial charge in [-0.1, -0.05) is 43.1 Å². The Bertz CT molecular complexity index is 692. The van der Waals surface area contributed by atoms with Gasteiger partial charge in [-0.3, -0.25) is 0 Å². The third-order valence-corrected chi connectivity index (χ3v) is 5.20. The van der Waals surface area contributed by atoms with Crippen LogP contribution in [0.15, 0.2) is 30.4 Å². The molecule has 0 bridgehead atoms. The summed E-state index contributed by atoms with van der Waals surface area (Å²) < 4.78 is 5.90. The molecule has 0 unspecified atom stereocenters. The van der Waals surface area contributed by atoms with Crippen LogP contribution in [-0.2, 0) is 14.3 Å². The predicted octanol–water partition coefficient (Wildman–Crippen LogP) is 4.41. The van der Waals surface area contributed by atoms with E-state index in [1.807, 2.05) is 12.1 Å². The van der Waals surface area contributed by atoms with Gasteiger partial charge in [-0.05, 0) is 49.5 Å². The lowest BCUT2D eigenvalue weighted by Gasteiger charge is -2.37. The fraction of sp³-hybridized carbons (Fsp3) is 0.524. The number of carbonyl (C=O) groups is 2. The van der Waals surface area contributed by atoms with Crippen LogP contribution in [0.25, 0.3) is 0 Å². The van der Waals surface area contributed by atoms with Crippen LogP contribution in [-0.4, -0.2) is 60.4 Å². The molecule has 29 heavy (non-hydrogen) atoms. The minimum absolute atomic E-state index is 0.503. The summed E-state index contributed by atoms with van der Waals surface area (Å²) in [4.78, 5) is 21.5. The third-order valence-electron chi connectivity index (χ3n) is 4.46. The van der Waals surface area contributed by atoms with Gasteiger partial charge in [0.05, 0.1) is 16.7 Å². The summed E-state index contributed by atoms with van der Waals surface area (Å²) in [5.41, 5.74) is 1.29. The fourth-order valence-corrected chi connectivity index (χ4v) is 3.47. The van der Waals surface area contributed by atoms with E-state index in [0.717, 1.165) is 32.7 Å². The number of nitrogens with zero attached hydrogens (tertiary/aromatic N) is 1. The summed E-state index contributed by atoms with van der Waals surface area (Å²) in [7, 11) is 2.18. The van der Waals surface area contributed by atoms with Gasteiger partial charge in [-0.2, -0.15) is 0 Å². The number of rotatable bonds is 7. The monoisotopic (exact) mass is 445 g/mol. The van der Waals surface area contributed by atoms with Gasteiger partial charge in [-0.25, -0.2) is 9.59 Å². The van der Waals surface area contributed by atoms with Gasteiger partial charge < -0.3 is 19.8 Å². The number of carboxylic acids is 2. The molecule has 1 aromatic rings. The number of hydrogen-bond acceptors (Lipinski definition) is 4. The Morgan fingerprint density at radius 2 is 1.83 bits per heavy atom. The Morgan fingerprint density at radius 3 is 2.34 bits per heavy atom. The summed E-state index contributed by atoms with van der Waals surface area (Å²) in [6.45, 7) is 8.20. The summed E-state index contributed by atoms with van der Waals surface area (Å²) in [6, 6.07) is 6.04. The van der Waals surface area contributed by atoms with Crippen LogP contribution in [0.5, 0.6) is 0 Å². The molecule has 1 aromatic carbocycles. The molecular weight excluding hydrogens is 417 g/mol. The van der Waals surface area contributed by atoms with E-state index in [1.165, 1.54) is 5.56 Å². The maximum absolute atomic E-state index is 9.55. The average molecular weight is 446 g/mol. The maximum atomic E-state index is 9.55. The van der Waals surface area contributed by atoms with Gasteiger partial charge in [0.15, 0.2) is 0 Å². The van der Waals surface area contributed by atoms with Crippen molar-refractivity contribution in [3.63, 3.8) is 0 Å². The molecule has 0 aromatic heterocycles. The Morgan fingerprint density at radius 1 is 1.21 bits per heavy atom. The van der Waals surface area contributed by atoms with Crippen molar-refractivity contribution in [1.82, 2.24) is 4.90 Å².